The molecule has 0 fully saturated rings. The molecule has 0 radical (unpaired) electrons. The van der Waals surface area contributed by atoms with Gasteiger partial charge in [0.05, 0.1) is 35.3 Å². The zero-order valence-electron chi connectivity index (χ0n) is 27.9. The van der Waals surface area contributed by atoms with Gasteiger partial charge in [-0.05, 0) is 82.5 Å². The molecule has 2 amide bonds. The van der Waals surface area contributed by atoms with E-state index < -0.39 is 28.1 Å². The summed E-state index contributed by atoms with van der Waals surface area (Å²) in [5.41, 5.74) is 1.90. The topological polar surface area (TPSA) is 125 Å². The Kier molecular flexibility index (Phi) is 12.4. The van der Waals surface area contributed by atoms with Crippen LogP contribution in [0.1, 0.15) is 66.3 Å². The number of likely N-dealkylation sites (N-methyl/N-ethyl adjacent to an activating group) is 1. The molecule has 0 saturated carbocycles. The monoisotopic (exact) mass is 665 g/mol. The van der Waals surface area contributed by atoms with Crippen molar-refractivity contribution < 1.29 is 32.6 Å². The van der Waals surface area contributed by atoms with Crippen molar-refractivity contribution in [2.75, 3.05) is 38.1 Å². The number of nitrogens with one attached hydrogen (secondary N) is 1. The number of rotatable bonds is 8. The van der Waals surface area contributed by atoms with Gasteiger partial charge >= 0.3 is 0 Å². The Morgan fingerprint density at radius 1 is 1.06 bits per heavy atom. The van der Waals surface area contributed by atoms with Crippen LogP contribution in [0.25, 0.3) is 0 Å². The first-order valence-corrected chi connectivity index (χ1v) is 17.6. The second kappa shape index (κ2) is 16.3. The van der Waals surface area contributed by atoms with Gasteiger partial charge in [-0.1, -0.05) is 42.8 Å². The summed E-state index contributed by atoms with van der Waals surface area (Å²) >= 11 is 0. The number of aryl methyl sites for hydroxylation is 1. The quantitative estimate of drug-likeness (QED) is 0.332. The molecule has 0 aliphatic carbocycles. The highest BCUT2D eigenvalue weighted by Crippen LogP contribution is 2.29. The minimum atomic E-state index is -3.93. The van der Waals surface area contributed by atoms with Gasteiger partial charge in [0.1, 0.15) is 5.75 Å². The molecular formula is C36H47N3O7S. The van der Waals surface area contributed by atoms with Crippen LogP contribution in [0.3, 0.4) is 0 Å². The summed E-state index contributed by atoms with van der Waals surface area (Å²) in [6.07, 6.45) is 1.70. The Labute approximate surface area is 278 Å². The van der Waals surface area contributed by atoms with Crippen molar-refractivity contribution in [2.24, 2.45) is 5.92 Å². The van der Waals surface area contributed by atoms with E-state index in [-0.39, 0.29) is 47.2 Å². The van der Waals surface area contributed by atoms with Gasteiger partial charge in [0.15, 0.2) is 0 Å². The highest BCUT2D eigenvalue weighted by atomic mass is 32.2. The maximum atomic E-state index is 14.4. The minimum Gasteiger partial charge on any atom is -0.490 e. The fourth-order valence-electron chi connectivity index (χ4n) is 5.53. The number of benzene rings is 3. The standard InChI is InChI=1S/C36H47N3O7S/c1-25-14-17-31(18-15-25)47(43,44)37-30-16-19-33-32(21-30)36(42)39(27(3)24-40)22-26(2)34(45-20-10-9-11-28(4)46-33)23-38(5)35(41)29-12-7-6-8-13-29/h6-8,12-19,21,26-28,34,37,40H,9-11,20,22-24H2,1-5H3/t26-,27-,28+,34-/m0/s1. The molecule has 4 rings (SSSR count). The predicted octanol–water partition coefficient (Wildman–Crippen LogP) is 5.36. The van der Waals surface area contributed by atoms with Crippen LogP contribution in [0.4, 0.5) is 5.69 Å². The van der Waals surface area contributed by atoms with Gasteiger partial charge in [0.2, 0.25) is 0 Å². The van der Waals surface area contributed by atoms with Gasteiger partial charge in [-0.25, -0.2) is 8.42 Å². The van der Waals surface area contributed by atoms with Crippen molar-refractivity contribution in [1.82, 2.24) is 9.80 Å². The average molecular weight is 666 g/mol. The van der Waals surface area contributed by atoms with E-state index in [4.69, 9.17) is 9.47 Å². The van der Waals surface area contributed by atoms with Gasteiger partial charge in [-0.3, -0.25) is 14.3 Å². The number of sulfonamides is 1. The molecule has 10 nitrogen and oxygen atoms in total. The van der Waals surface area contributed by atoms with E-state index in [1.165, 1.54) is 18.2 Å². The van der Waals surface area contributed by atoms with E-state index in [1.807, 2.05) is 39.0 Å². The zero-order chi connectivity index (χ0) is 34.1. The molecule has 1 aliphatic heterocycles. The molecule has 4 atom stereocenters. The van der Waals surface area contributed by atoms with Crippen LogP contribution in [0, 0.1) is 12.8 Å². The summed E-state index contributed by atoms with van der Waals surface area (Å²) < 4.78 is 41.6. The molecule has 0 aromatic heterocycles. The first kappa shape index (κ1) is 35.9. The smallest absolute Gasteiger partial charge is 0.261 e. The third-order valence-electron chi connectivity index (χ3n) is 8.46. The Morgan fingerprint density at radius 2 is 1.77 bits per heavy atom. The summed E-state index contributed by atoms with van der Waals surface area (Å²) in [7, 11) is -2.19. The Morgan fingerprint density at radius 3 is 2.45 bits per heavy atom. The lowest BCUT2D eigenvalue weighted by molar-refractivity contribution is -0.0149. The second-order valence-electron chi connectivity index (χ2n) is 12.5. The lowest BCUT2D eigenvalue weighted by atomic mass is 10.0. The molecule has 3 aromatic rings. The number of nitrogens with zero attached hydrogens (tertiary/aromatic N) is 2. The number of fused-ring (bicyclic) bond motifs is 1. The minimum absolute atomic E-state index is 0.102. The predicted molar refractivity (Wildman–Crippen MR) is 182 cm³/mol. The molecule has 3 aromatic carbocycles. The molecule has 1 heterocycles. The molecule has 2 N–H and O–H groups in total. The zero-order valence-corrected chi connectivity index (χ0v) is 28.7. The van der Waals surface area contributed by atoms with E-state index in [9.17, 15) is 23.1 Å². The van der Waals surface area contributed by atoms with Crippen molar-refractivity contribution in [3.05, 3.63) is 89.5 Å². The van der Waals surface area contributed by atoms with Gasteiger partial charge in [-0.2, -0.15) is 0 Å². The Bertz CT molecular complexity index is 1600. The molecule has 254 valence electrons. The van der Waals surface area contributed by atoms with Gasteiger partial charge in [0.25, 0.3) is 21.8 Å². The summed E-state index contributed by atoms with van der Waals surface area (Å²) in [5, 5.41) is 10.2. The number of amides is 2. The van der Waals surface area contributed by atoms with E-state index >= 15 is 0 Å². The lowest BCUT2D eigenvalue weighted by Crippen LogP contribution is -2.48. The molecule has 11 heteroatoms. The number of hydrogen-bond acceptors (Lipinski definition) is 7. The van der Waals surface area contributed by atoms with Crippen LogP contribution in [-0.4, -0.2) is 86.7 Å². The lowest BCUT2D eigenvalue weighted by Gasteiger charge is -2.36. The van der Waals surface area contributed by atoms with Crippen LogP contribution < -0.4 is 9.46 Å². The van der Waals surface area contributed by atoms with E-state index in [1.54, 1.807) is 60.2 Å². The highest BCUT2D eigenvalue weighted by molar-refractivity contribution is 7.92. The molecular weight excluding hydrogens is 618 g/mol. The van der Waals surface area contributed by atoms with Gasteiger partial charge in [-0.15, -0.1) is 0 Å². The first-order valence-electron chi connectivity index (χ1n) is 16.1. The van der Waals surface area contributed by atoms with Crippen LogP contribution in [0.15, 0.2) is 77.7 Å². The fraction of sp³-hybridized carbons (Fsp3) is 0.444. The van der Waals surface area contributed by atoms with Crippen molar-refractivity contribution in [3.8, 4) is 5.75 Å². The van der Waals surface area contributed by atoms with Gasteiger partial charge in [0, 0.05) is 43.9 Å². The maximum Gasteiger partial charge on any atom is 0.261 e. The van der Waals surface area contributed by atoms with E-state index in [0.717, 1.165) is 18.4 Å². The van der Waals surface area contributed by atoms with E-state index in [0.29, 0.717) is 30.9 Å². The van der Waals surface area contributed by atoms with Crippen LogP contribution >= 0.6 is 0 Å². The molecule has 1 aliphatic rings. The molecule has 0 saturated heterocycles. The number of ether oxygens (including phenoxy) is 2. The third-order valence-corrected chi connectivity index (χ3v) is 9.85. The highest BCUT2D eigenvalue weighted by Gasteiger charge is 2.31. The summed E-state index contributed by atoms with van der Waals surface area (Å²) in [5.74, 6) is -0.436. The first-order chi connectivity index (χ1) is 22.4. The van der Waals surface area contributed by atoms with E-state index in [2.05, 4.69) is 4.72 Å². The Hall–Kier alpha value is -3.93. The second-order valence-corrected chi connectivity index (χ2v) is 14.2. The number of anilines is 1. The SMILES string of the molecule is Cc1ccc(S(=O)(=O)Nc2ccc3c(c2)C(=O)N([C@@H](C)CO)C[C@H](C)[C@H](CN(C)C(=O)c2ccccc2)OCCCC[C@@H](C)O3)cc1. The Balaban J connectivity index is 1.66. The van der Waals surface area contributed by atoms with Crippen LogP contribution in [-0.2, 0) is 14.8 Å². The van der Waals surface area contributed by atoms with Crippen molar-refractivity contribution >= 4 is 27.5 Å². The van der Waals surface area contributed by atoms with Crippen molar-refractivity contribution in [1.29, 1.82) is 0 Å². The molecule has 0 unspecified atom stereocenters. The summed E-state index contributed by atoms with van der Waals surface area (Å²) in [4.78, 5) is 30.8. The largest absolute Gasteiger partial charge is 0.490 e. The van der Waals surface area contributed by atoms with Crippen LogP contribution in [0.5, 0.6) is 5.75 Å². The number of carbonyl (C=O) groups is 2. The number of aliphatic hydroxyl groups is 1. The maximum absolute atomic E-state index is 14.4. The normalized spacial score (nSPS) is 20.3. The summed E-state index contributed by atoms with van der Waals surface area (Å²) in [6, 6.07) is 19.7. The van der Waals surface area contributed by atoms with Gasteiger partial charge < -0.3 is 24.4 Å². The number of hydrogen-bond donors (Lipinski definition) is 2. The molecule has 0 bridgehead atoms. The fourth-order valence-corrected chi connectivity index (χ4v) is 6.58. The molecule has 47 heavy (non-hydrogen) atoms. The van der Waals surface area contributed by atoms with Crippen molar-refractivity contribution in [2.45, 2.75) is 70.1 Å². The average Bonchev–Trinajstić information content (AvgIpc) is 3.06. The van der Waals surface area contributed by atoms with Crippen molar-refractivity contribution in [3.63, 3.8) is 0 Å². The third kappa shape index (κ3) is 9.56. The summed E-state index contributed by atoms with van der Waals surface area (Å²) in [6.45, 7) is 8.25. The number of aliphatic hydroxyl groups excluding tert-OH is 1. The molecule has 0 spiro atoms. The van der Waals surface area contributed by atoms with Crippen LogP contribution in [0.2, 0.25) is 0 Å². The number of carbonyl (C=O) groups excluding carboxylic acids is 2.